The van der Waals surface area contributed by atoms with Crippen LogP contribution in [0.2, 0.25) is 0 Å². The van der Waals surface area contributed by atoms with Gasteiger partial charge in [-0.2, -0.15) is 0 Å². The number of rotatable bonds is 7. The molecular formula is C24H23F2NO3. The maximum atomic E-state index is 13.9. The third-order valence-electron chi connectivity index (χ3n) is 5.66. The quantitative estimate of drug-likeness (QED) is 0.555. The standard InChI is InChI=1S/C24H23F2NO3/c1-24(2)21(22(24)30-20-9-8-17(25)13-18(20)26)23(28)29-14-19-16(10-11-27-19)12-15-6-4-3-5-7-15/h3-11,13,21-22,27H,12,14H2,1-2H3. The number of carbonyl (C=O) groups excluding carboxylic acids is 1. The summed E-state index contributed by atoms with van der Waals surface area (Å²) in [6.45, 7) is 3.85. The Hall–Kier alpha value is -3.15. The van der Waals surface area contributed by atoms with Crippen LogP contribution in [0.4, 0.5) is 8.78 Å². The van der Waals surface area contributed by atoms with E-state index in [9.17, 15) is 13.6 Å². The number of nitrogens with one attached hydrogen (secondary N) is 1. The monoisotopic (exact) mass is 411 g/mol. The number of benzene rings is 2. The molecule has 1 aliphatic rings. The van der Waals surface area contributed by atoms with Gasteiger partial charge in [0.15, 0.2) is 11.6 Å². The van der Waals surface area contributed by atoms with Crippen molar-refractivity contribution in [3.05, 3.63) is 89.2 Å². The lowest BCUT2D eigenvalue weighted by molar-refractivity contribution is -0.148. The van der Waals surface area contributed by atoms with Gasteiger partial charge in [0, 0.05) is 17.7 Å². The number of hydrogen-bond acceptors (Lipinski definition) is 3. The summed E-state index contributed by atoms with van der Waals surface area (Å²) in [6.07, 6.45) is 2.03. The molecule has 4 rings (SSSR count). The Balaban J connectivity index is 1.37. The number of esters is 1. The number of halogens is 2. The van der Waals surface area contributed by atoms with Crippen LogP contribution in [-0.4, -0.2) is 17.1 Å². The van der Waals surface area contributed by atoms with E-state index in [4.69, 9.17) is 9.47 Å². The summed E-state index contributed by atoms with van der Waals surface area (Å²) in [5.41, 5.74) is 2.57. The first-order valence-corrected chi connectivity index (χ1v) is 9.83. The molecule has 2 atom stereocenters. The lowest BCUT2D eigenvalue weighted by Crippen LogP contribution is -2.13. The van der Waals surface area contributed by atoms with Crippen LogP contribution in [0.15, 0.2) is 60.8 Å². The van der Waals surface area contributed by atoms with E-state index in [2.05, 4.69) is 4.98 Å². The zero-order valence-corrected chi connectivity index (χ0v) is 16.8. The minimum atomic E-state index is -0.790. The van der Waals surface area contributed by atoms with E-state index in [0.717, 1.165) is 29.8 Å². The molecule has 156 valence electrons. The molecule has 4 nitrogen and oxygen atoms in total. The third-order valence-corrected chi connectivity index (χ3v) is 5.66. The van der Waals surface area contributed by atoms with Crippen molar-refractivity contribution < 1.29 is 23.0 Å². The normalized spacial score (nSPS) is 19.3. The molecule has 0 bridgehead atoms. The van der Waals surface area contributed by atoms with Crippen LogP contribution in [0.25, 0.3) is 0 Å². The maximum Gasteiger partial charge on any atom is 0.313 e. The summed E-state index contributed by atoms with van der Waals surface area (Å²) in [5, 5.41) is 0. The van der Waals surface area contributed by atoms with E-state index in [1.165, 1.54) is 11.6 Å². The Kier molecular flexibility index (Phi) is 5.33. The molecule has 0 spiro atoms. The Morgan fingerprint density at radius 1 is 1.10 bits per heavy atom. The van der Waals surface area contributed by atoms with E-state index in [1.807, 2.05) is 56.4 Å². The predicted molar refractivity (Wildman–Crippen MR) is 108 cm³/mol. The van der Waals surface area contributed by atoms with Crippen molar-refractivity contribution in [3.63, 3.8) is 0 Å². The van der Waals surface area contributed by atoms with Crippen LogP contribution >= 0.6 is 0 Å². The van der Waals surface area contributed by atoms with Crippen LogP contribution < -0.4 is 4.74 Å². The Labute approximate surface area is 173 Å². The minimum Gasteiger partial charge on any atom is -0.486 e. The van der Waals surface area contributed by atoms with Crippen LogP contribution in [0.3, 0.4) is 0 Å². The highest BCUT2D eigenvalue weighted by atomic mass is 19.1. The van der Waals surface area contributed by atoms with Crippen molar-refractivity contribution in [1.29, 1.82) is 0 Å². The van der Waals surface area contributed by atoms with Gasteiger partial charge in [0.1, 0.15) is 24.4 Å². The molecule has 1 aromatic heterocycles. The summed E-state index contributed by atoms with van der Waals surface area (Å²) in [4.78, 5) is 15.8. The Bertz CT molecular complexity index is 1050. The van der Waals surface area contributed by atoms with Gasteiger partial charge in [0.25, 0.3) is 0 Å². The summed E-state index contributed by atoms with van der Waals surface area (Å²) in [5.74, 6) is -2.45. The summed E-state index contributed by atoms with van der Waals surface area (Å²) in [7, 11) is 0. The number of ether oxygens (including phenoxy) is 2. The number of aromatic amines is 1. The molecule has 0 amide bonds. The van der Waals surface area contributed by atoms with Crippen LogP contribution in [-0.2, 0) is 22.6 Å². The molecule has 0 radical (unpaired) electrons. The molecule has 3 aromatic rings. The van der Waals surface area contributed by atoms with Crippen LogP contribution in [0.5, 0.6) is 5.75 Å². The van der Waals surface area contributed by atoms with Gasteiger partial charge in [-0.25, -0.2) is 8.78 Å². The van der Waals surface area contributed by atoms with Gasteiger partial charge < -0.3 is 14.5 Å². The first-order chi connectivity index (χ1) is 14.4. The van der Waals surface area contributed by atoms with Gasteiger partial charge in [0.2, 0.25) is 0 Å². The van der Waals surface area contributed by atoms with Gasteiger partial charge in [-0.05, 0) is 35.7 Å². The first-order valence-electron chi connectivity index (χ1n) is 9.83. The molecule has 1 heterocycles. The molecule has 0 aliphatic heterocycles. The SMILES string of the molecule is CC1(C)C(Oc2ccc(F)cc2F)C1C(=O)OCc1[nH]ccc1Cc1ccccc1. The van der Waals surface area contributed by atoms with Gasteiger partial charge in [-0.3, -0.25) is 4.79 Å². The van der Waals surface area contributed by atoms with Gasteiger partial charge in [-0.1, -0.05) is 44.2 Å². The van der Waals surface area contributed by atoms with Crippen molar-refractivity contribution >= 4 is 5.97 Å². The fraction of sp³-hybridized carbons (Fsp3) is 0.292. The molecule has 1 saturated carbocycles. The van der Waals surface area contributed by atoms with Crippen molar-refractivity contribution in [3.8, 4) is 5.75 Å². The molecular weight excluding hydrogens is 388 g/mol. The average molecular weight is 411 g/mol. The number of aromatic nitrogens is 1. The third kappa shape index (κ3) is 4.08. The Morgan fingerprint density at radius 2 is 1.87 bits per heavy atom. The van der Waals surface area contributed by atoms with E-state index < -0.39 is 35.0 Å². The molecule has 1 aliphatic carbocycles. The highest BCUT2D eigenvalue weighted by Gasteiger charge is 2.65. The first kappa shape index (κ1) is 20.1. The number of H-pyrrole nitrogens is 1. The van der Waals surface area contributed by atoms with Crippen LogP contribution in [0.1, 0.15) is 30.7 Å². The molecule has 0 saturated heterocycles. The van der Waals surface area contributed by atoms with Gasteiger partial charge in [0.05, 0.1) is 5.69 Å². The minimum absolute atomic E-state index is 0.0701. The zero-order valence-electron chi connectivity index (χ0n) is 16.8. The molecule has 1 fully saturated rings. The Morgan fingerprint density at radius 3 is 2.60 bits per heavy atom. The average Bonchev–Trinajstić information content (AvgIpc) is 3.02. The van der Waals surface area contributed by atoms with E-state index >= 15 is 0 Å². The lowest BCUT2D eigenvalue weighted by atomic mass is 10.1. The van der Waals surface area contributed by atoms with Gasteiger partial charge >= 0.3 is 5.97 Å². The molecule has 1 N–H and O–H groups in total. The lowest BCUT2D eigenvalue weighted by Gasteiger charge is -2.08. The van der Waals surface area contributed by atoms with Crippen LogP contribution in [0, 0.1) is 23.0 Å². The topological polar surface area (TPSA) is 51.3 Å². The number of carbonyl (C=O) groups is 1. The summed E-state index contributed by atoms with van der Waals surface area (Å²) >= 11 is 0. The van der Waals surface area contributed by atoms with Crippen molar-refractivity contribution in [2.24, 2.45) is 11.3 Å². The molecule has 30 heavy (non-hydrogen) atoms. The molecule has 6 heteroatoms. The fourth-order valence-electron chi connectivity index (χ4n) is 3.73. The van der Waals surface area contributed by atoms with E-state index in [1.54, 1.807) is 0 Å². The van der Waals surface area contributed by atoms with E-state index in [0.29, 0.717) is 0 Å². The van der Waals surface area contributed by atoms with Crippen molar-refractivity contribution in [2.45, 2.75) is 33.0 Å². The zero-order chi connectivity index (χ0) is 21.3. The second kappa shape index (κ2) is 7.94. The van der Waals surface area contributed by atoms with Gasteiger partial charge in [-0.15, -0.1) is 0 Å². The molecule has 2 aromatic carbocycles. The van der Waals surface area contributed by atoms with Crippen molar-refractivity contribution in [2.75, 3.05) is 0 Å². The number of hydrogen-bond donors (Lipinski definition) is 1. The molecule has 2 unspecified atom stereocenters. The smallest absolute Gasteiger partial charge is 0.313 e. The summed E-state index contributed by atoms with van der Waals surface area (Å²) < 4.78 is 38.2. The maximum absolute atomic E-state index is 13.9. The highest BCUT2D eigenvalue weighted by molar-refractivity contribution is 5.78. The second-order valence-electron chi connectivity index (χ2n) is 8.16. The fourth-order valence-corrected chi connectivity index (χ4v) is 3.73. The highest BCUT2D eigenvalue weighted by Crippen LogP contribution is 2.54. The largest absolute Gasteiger partial charge is 0.486 e. The van der Waals surface area contributed by atoms with Crippen molar-refractivity contribution in [1.82, 2.24) is 4.98 Å². The summed E-state index contributed by atoms with van der Waals surface area (Å²) in [6, 6.07) is 15.1. The second-order valence-corrected chi connectivity index (χ2v) is 8.16. The van der Waals surface area contributed by atoms with E-state index in [-0.39, 0.29) is 12.4 Å². The predicted octanol–water partition coefficient (Wildman–Crippen LogP) is 5.03.